The van der Waals surface area contributed by atoms with Gasteiger partial charge < -0.3 is 21.5 Å². The van der Waals surface area contributed by atoms with Crippen LogP contribution in [0.4, 0.5) is 17.6 Å². The van der Waals surface area contributed by atoms with E-state index in [1.807, 2.05) is 48.3 Å². The second kappa shape index (κ2) is 9.68. The molecule has 8 nitrogen and oxygen atoms in total. The van der Waals surface area contributed by atoms with E-state index in [2.05, 4.69) is 58.3 Å². The van der Waals surface area contributed by atoms with Crippen LogP contribution < -0.4 is 16.4 Å². The second-order valence-electron chi connectivity index (χ2n) is 8.13. The number of nitrogens with zero attached hydrogens (tertiary/aromatic N) is 4. The van der Waals surface area contributed by atoms with Crippen molar-refractivity contribution in [3.63, 3.8) is 0 Å². The number of nitrogens with two attached hydrogens (primary N) is 2. The average molecular weight is 455 g/mol. The van der Waals surface area contributed by atoms with Crippen molar-refractivity contribution >= 4 is 23.6 Å². The van der Waals surface area contributed by atoms with Crippen LogP contribution in [-0.2, 0) is 11.2 Å². The highest BCUT2D eigenvalue weighted by Gasteiger charge is 2.14. The number of aromatic nitrogens is 3. The van der Waals surface area contributed by atoms with Gasteiger partial charge in [0, 0.05) is 18.3 Å². The fourth-order valence-corrected chi connectivity index (χ4v) is 3.53. The Morgan fingerprint density at radius 2 is 1.44 bits per heavy atom. The molecule has 0 bridgehead atoms. The quantitative estimate of drug-likeness (QED) is 0.384. The number of nitrogen functional groups attached to an aromatic ring is 1. The smallest absolute Gasteiger partial charge is 0.320 e. The van der Waals surface area contributed by atoms with E-state index in [-0.39, 0.29) is 12.4 Å². The molecule has 3 aromatic carbocycles. The molecule has 0 saturated carbocycles. The van der Waals surface area contributed by atoms with Crippen molar-refractivity contribution in [3.8, 4) is 22.5 Å². The van der Waals surface area contributed by atoms with Crippen LogP contribution in [0.3, 0.4) is 0 Å². The summed E-state index contributed by atoms with van der Waals surface area (Å²) in [5.74, 6) is -0.0729. The number of rotatable bonds is 7. The van der Waals surface area contributed by atoms with E-state index < -0.39 is 12.0 Å². The summed E-state index contributed by atoms with van der Waals surface area (Å²) in [5.41, 5.74) is 17.6. The van der Waals surface area contributed by atoms with Gasteiger partial charge in [0.05, 0.1) is 0 Å². The number of anilines is 3. The van der Waals surface area contributed by atoms with E-state index in [0.29, 0.717) is 11.8 Å². The van der Waals surface area contributed by atoms with Gasteiger partial charge in [0.2, 0.25) is 11.9 Å². The van der Waals surface area contributed by atoms with E-state index in [9.17, 15) is 4.79 Å². The van der Waals surface area contributed by atoms with Crippen LogP contribution in [0.5, 0.6) is 0 Å². The van der Waals surface area contributed by atoms with Crippen molar-refractivity contribution in [1.29, 1.82) is 0 Å². The first-order valence-corrected chi connectivity index (χ1v) is 10.8. The highest BCUT2D eigenvalue weighted by molar-refractivity contribution is 5.73. The first-order chi connectivity index (χ1) is 16.3. The third-order valence-corrected chi connectivity index (χ3v) is 5.57. The van der Waals surface area contributed by atoms with Crippen molar-refractivity contribution in [2.75, 3.05) is 17.7 Å². The molecule has 34 heavy (non-hydrogen) atoms. The third-order valence-electron chi connectivity index (χ3n) is 5.57. The lowest BCUT2D eigenvalue weighted by Gasteiger charge is -2.18. The number of aliphatic carboxylic acids is 1. The Kier molecular flexibility index (Phi) is 6.51. The van der Waals surface area contributed by atoms with Gasteiger partial charge in [-0.15, -0.1) is 0 Å². The normalized spacial score (nSPS) is 11.7. The van der Waals surface area contributed by atoms with Gasteiger partial charge in [-0.1, -0.05) is 66.2 Å². The van der Waals surface area contributed by atoms with Gasteiger partial charge >= 0.3 is 5.97 Å². The molecule has 0 saturated heterocycles. The van der Waals surface area contributed by atoms with Crippen LogP contribution in [0.1, 0.15) is 11.1 Å². The standard InChI is InChI=1S/C26H26N6O2/c1-16-3-7-18(8-4-16)19-11-13-21(14-12-19)32(2)26-30-23(29-25(28)31-26)20-9-5-17(6-10-20)15-22(27)24(33)34/h3-14,22H,15,27H2,1-2H3,(H,33,34)(H2,28,29,30,31)/t22-/m0/s1. The van der Waals surface area contributed by atoms with Gasteiger partial charge in [0.25, 0.3) is 0 Å². The Balaban J connectivity index is 1.55. The zero-order valence-electron chi connectivity index (χ0n) is 19.0. The summed E-state index contributed by atoms with van der Waals surface area (Å²) in [6.45, 7) is 2.07. The van der Waals surface area contributed by atoms with Crippen LogP contribution >= 0.6 is 0 Å². The summed E-state index contributed by atoms with van der Waals surface area (Å²) in [4.78, 5) is 26.0. The maximum atomic E-state index is 11.0. The van der Waals surface area contributed by atoms with Crippen molar-refractivity contribution in [3.05, 3.63) is 83.9 Å². The third kappa shape index (κ3) is 5.19. The van der Waals surface area contributed by atoms with Crippen molar-refractivity contribution in [2.45, 2.75) is 19.4 Å². The molecule has 4 rings (SSSR count). The summed E-state index contributed by atoms with van der Waals surface area (Å²) in [6.07, 6.45) is 0.238. The van der Waals surface area contributed by atoms with Gasteiger partial charge in [-0.3, -0.25) is 4.79 Å². The lowest BCUT2D eigenvalue weighted by Crippen LogP contribution is -2.32. The minimum Gasteiger partial charge on any atom is -0.480 e. The van der Waals surface area contributed by atoms with Crippen molar-refractivity contribution in [2.24, 2.45) is 5.73 Å². The number of carboxylic acid groups (broad SMARTS) is 1. The number of aryl methyl sites for hydroxylation is 1. The Labute approximate surface area is 197 Å². The molecule has 0 unspecified atom stereocenters. The largest absolute Gasteiger partial charge is 0.480 e. The molecule has 0 fully saturated rings. The van der Waals surface area contributed by atoms with Crippen LogP contribution in [0, 0.1) is 6.92 Å². The summed E-state index contributed by atoms with van der Waals surface area (Å²) < 4.78 is 0. The topological polar surface area (TPSA) is 131 Å². The maximum Gasteiger partial charge on any atom is 0.320 e. The van der Waals surface area contributed by atoms with E-state index >= 15 is 0 Å². The highest BCUT2D eigenvalue weighted by atomic mass is 16.4. The van der Waals surface area contributed by atoms with Gasteiger partial charge in [-0.05, 0) is 42.2 Å². The monoisotopic (exact) mass is 454 g/mol. The van der Waals surface area contributed by atoms with Crippen LogP contribution in [0.2, 0.25) is 0 Å². The number of carboxylic acids is 1. The molecule has 1 heterocycles. The molecule has 0 aliphatic carbocycles. The van der Waals surface area contributed by atoms with Gasteiger partial charge in [0.15, 0.2) is 5.82 Å². The molecule has 0 amide bonds. The molecule has 0 aliphatic rings. The Morgan fingerprint density at radius 3 is 2.03 bits per heavy atom. The van der Waals surface area contributed by atoms with Gasteiger partial charge in [0.1, 0.15) is 6.04 Å². The minimum atomic E-state index is -1.03. The predicted octanol–water partition coefficient (Wildman–Crippen LogP) is 3.82. The Morgan fingerprint density at radius 1 is 0.882 bits per heavy atom. The Hall–Kier alpha value is -4.30. The van der Waals surface area contributed by atoms with Crippen molar-refractivity contribution < 1.29 is 9.90 Å². The average Bonchev–Trinajstić information content (AvgIpc) is 2.84. The first-order valence-electron chi connectivity index (χ1n) is 10.8. The fraction of sp³-hybridized carbons (Fsp3) is 0.154. The zero-order chi connectivity index (χ0) is 24.2. The Bertz CT molecular complexity index is 1290. The molecule has 0 radical (unpaired) electrons. The molecular weight excluding hydrogens is 428 g/mol. The lowest BCUT2D eigenvalue weighted by molar-refractivity contribution is -0.138. The summed E-state index contributed by atoms with van der Waals surface area (Å²) in [6, 6.07) is 22.8. The van der Waals surface area contributed by atoms with E-state index in [1.54, 1.807) is 0 Å². The first kappa shape index (κ1) is 22.9. The van der Waals surface area contributed by atoms with Crippen LogP contribution in [-0.4, -0.2) is 39.1 Å². The maximum absolute atomic E-state index is 11.0. The molecule has 0 spiro atoms. The van der Waals surface area contributed by atoms with E-state index in [0.717, 1.165) is 27.9 Å². The molecule has 172 valence electrons. The van der Waals surface area contributed by atoms with E-state index in [4.69, 9.17) is 16.6 Å². The van der Waals surface area contributed by atoms with Crippen LogP contribution in [0.25, 0.3) is 22.5 Å². The summed E-state index contributed by atoms with van der Waals surface area (Å²) in [7, 11) is 1.87. The highest BCUT2D eigenvalue weighted by Crippen LogP contribution is 2.27. The molecule has 1 aromatic heterocycles. The van der Waals surface area contributed by atoms with Gasteiger partial charge in [-0.2, -0.15) is 15.0 Å². The van der Waals surface area contributed by atoms with Gasteiger partial charge in [-0.25, -0.2) is 0 Å². The number of hydrogen-bond acceptors (Lipinski definition) is 7. The zero-order valence-corrected chi connectivity index (χ0v) is 19.0. The number of benzene rings is 3. The molecule has 8 heteroatoms. The molecule has 0 aliphatic heterocycles. The molecule has 5 N–H and O–H groups in total. The molecular formula is C26H26N6O2. The SMILES string of the molecule is Cc1ccc(-c2ccc(N(C)c3nc(N)nc(-c4ccc(C[C@H](N)C(=O)O)cc4)n3)cc2)cc1. The summed E-state index contributed by atoms with van der Waals surface area (Å²) >= 11 is 0. The predicted molar refractivity (Wildman–Crippen MR) is 134 cm³/mol. The summed E-state index contributed by atoms with van der Waals surface area (Å²) in [5, 5.41) is 9.00. The van der Waals surface area contributed by atoms with E-state index in [1.165, 1.54) is 5.56 Å². The molecule has 1 atom stereocenters. The minimum absolute atomic E-state index is 0.111. The fourth-order valence-electron chi connectivity index (χ4n) is 3.53. The van der Waals surface area contributed by atoms with Crippen LogP contribution in [0.15, 0.2) is 72.8 Å². The molecule has 4 aromatic rings. The number of carbonyl (C=O) groups is 1. The van der Waals surface area contributed by atoms with Crippen molar-refractivity contribution in [1.82, 2.24) is 15.0 Å². The second-order valence-corrected chi connectivity index (χ2v) is 8.13. The number of hydrogen-bond donors (Lipinski definition) is 3. The lowest BCUT2D eigenvalue weighted by atomic mass is 10.0.